The normalized spacial score (nSPS) is 28.1. The highest BCUT2D eigenvalue weighted by Crippen LogP contribution is 2.34. The summed E-state index contributed by atoms with van der Waals surface area (Å²) in [6.45, 7) is 4.51. The number of Topliss-reactive ketones (excluding diaryl/α,β-unsaturated/α-hetero) is 1. The zero-order valence-corrected chi connectivity index (χ0v) is 13.2. The van der Waals surface area contributed by atoms with Crippen LogP contribution in [0.3, 0.4) is 0 Å². The molecule has 0 N–H and O–H groups in total. The Balaban J connectivity index is 1.64. The van der Waals surface area contributed by atoms with Crippen molar-refractivity contribution >= 4 is 11.7 Å². The molecular formula is C17H22N2O3. The zero-order chi connectivity index (χ0) is 15.4. The summed E-state index contributed by atoms with van der Waals surface area (Å²) in [6.07, 6.45) is 3.28. The maximum atomic E-state index is 13.0. The summed E-state index contributed by atoms with van der Waals surface area (Å²) in [7, 11) is 2.13. The summed E-state index contributed by atoms with van der Waals surface area (Å²) in [5.41, 5.74) is 1.10. The van der Waals surface area contributed by atoms with E-state index in [0.717, 1.165) is 38.9 Å². The van der Waals surface area contributed by atoms with Gasteiger partial charge >= 0.3 is 0 Å². The van der Waals surface area contributed by atoms with Crippen molar-refractivity contribution in [1.29, 1.82) is 0 Å². The number of amides is 1. The van der Waals surface area contributed by atoms with Crippen molar-refractivity contribution in [2.45, 2.75) is 38.6 Å². The quantitative estimate of drug-likeness (QED) is 0.795. The highest BCUT2D eigenvalue weighted by Gasteiger charge is 2.43. The molecule has 2 aliphatic heterocycles. The van der Waals surface area contributed by atoms with Gasteiger partial charge in [0, 0.05) is 32.0 Å². The van der Waals surface area contributed by atoms with Gasteiger partial charge in [0.05, 0.1) is 11.1 Å². The van der Waals surface area contributed by atoms with Crippen molar-refractivity contribution < 1.29 is 14.0 Å². The number of hydrogen-bond donors (Lipinski definition) is 0. The Morgan fingerprint density at radius 2 is 2.09 bits per heavy atom. The van der Waals surface area contributed by atoms with Crippen molar-refractivity contribution in [1.82, 2.24) is 9.80 Å². The lowest BCUT2D eigenvalue weighted by atomic mass is 9.93. The molecule has 1 aromatic rings. The van der Waals surface area contributed by atoms with Crippen LogP contribution in [0.25, 0.3) is 0 Å². The number of fused-ring (bicyclic) bond motifs is 2. The summed E-state index contributed by atoms with van der Waals surface area (Å²) in [5, 5.41) is 0. The lowest BCUT2D eigenvalue weighted by Crippen LogP contribution is -2.35. The van der Waals surface area contributed by atoms with Crippen LogP contribution in [0.5, 0.6) is 0 Å². The molecular weight excluding hydrogens is 280 g/mol. The number of rotatable bonds is 1. The third kappa shape index (κ3) is 1.95. The predicted molar refractivity (Wildman–Crippen MR) is 81.1 cm³/mol. The Hall–Kier alpha value is -1.62. The van der Waals surface area contributed by atoms with Gasteiger partial charge in [-0.2, -0.15) is 0 Å². The first-order valence-corrected chi connectivity index (χ1v) is 8.21. The molecule has 4 rings (SSSR count). The van der Waals surface area contributed by atoms with E-state index in [-0.39, 0.29) is 11.7 Å². The first kappa shape index (κ1) is 14.0. The van der Waals surface area contributed by atoms with Crippen LogP contribution in [-0.4, -0.2) is 54.2 Å². The van der Waals surface area contributed by atoms with E-state index in [1.54, 1.807) is 0 Å². The van der Waals surface area contributed by atoms with Crippen LogP contribution in [0, 0.1) is 12.8 Å². The largest absolute Gasteiger partial charge is 0.465 e. The first-order chi connectivity index (χ1) is 10.6. The number of aryl methyl sites for hydroxylation is 2. The minimum atomic E-state index is -0.0134. The van der Waals surface area contributed by atoms with E-state index >= 15 is 0 Å². The standard InChI is InChI=1S/C17H22N2O3/c1-10-15(16-13(20)4-3-5-14(16)22-10)17(21)19-8-11-6-7-18(2)12(11)9-19/h11-12H,3-9H2,1-2H3/t11-,12+/m0/s1. The molecule has 2 saturated heterocycles. The van der Waals surface area contributed by atoms with Gasteiger partial charge in [0.1, 0.15) is 11.5 Å². The Morgan fingerprint density at radius 3 is 2.86 bits per heavy atom. The van der Waals surface area contributed by atoms with Crippen LogP contribution in [0.2, 0.25) is 0 Å². The van der Waals surface area contributed by atoms with E-state index in [9.17, 15) is 9.59 Å². The number of carbonyl (C=O) groups excluding carboxylic acids is 2. The fourth-order valence-corrected chi connectivity index (χ4v) is 4.36. The Kier molecular flexibility index (Phi) is 3.15. The summed E-state index contributed by atoms with van der Waals surface area (Å²) in [6, 6.07) is 0.475. The van der Waals surface area contributed by atoms with Crippen molar-refractivity contribution in [3.8, 4) is 0 Å². The van der Waals surface area contributed by atoms with Crippen LogP contribution in [0.15, 0.2) is 4.42 Å². The van der Waals surface area contributed by atoms with E-state index < -0.39 is 0 Å². The molecule has 0 unspecified atom stereocenters. The average molecular weight is 302 g/mol. The summed E-state index contributed by atoms with van der Waals surface area (Å²) >= 11 is 0. The van der Waals surface area contributed by atoms with Crippen molar-refractivity contribution in [2.24, 2.45) is 5.92 Å². The van der Waals surface area contributed by atoms with E-state index in [4.69, 9.17) is 4.42 Å². The molecule has 0 saturated carbocycles. The van der Waals surface area contributed by atoms with Crippen molar-refractivity contribution in [3.63, 3.8) is 0 Å². The topological polar surface area (TPSA) is 53.8 Å². The fourth-order valence-electron chi connectivity index (χ4n) is 4.36. The predicted octanol–water partition coefficient (Wildman–Crippen LogP) is 1.88. The lowest BCUT2D eigenvalue weighted by molar-refractivity contribution is 0.0767. The van der Waals surface area contributed by atoms with Crippen LogP contribution >= 0.6 is 0 Å². The van der Waals surface area contributed by atoms with Gasteiger partial charge in [-0.25, -0.2) is 0 Å². The minimum Gasteiger partial charge on any atom is -0.465 e. The Bertz CT molecular complexity index is 649. The summed E-state index contributed by atoms with van der Waals surface area (Å²) in [4.78, 5) is 29.5. The minimum absolute atomic E-state index is 0.0134. The first-order valence-electron chi connectivity index (χ1n) is 8.21. The molecule has 0 radical (unpaired) electrons. The number of carbonyl (C=O) groups is 2. The number of likely N-dealkylation sites (tertiary alicyclic amines) is 2. The molecule has 118 valence electrons. The van der Waals surface area contributed by atoms with Crippen LogP contribution in [0.1, 0.15) is 51.5 Å². The number of likely N-dealkylation sites (N-methyl/N-ethyl adjacent to an activating group) is 1. The second-order valence-electron chi connectivity index (χ2n) is 6.91. The number of nitrogens with zero attached hydrogens (tertiary/aromatic N) is 2. The summed E-state index contributed by atoms with van der Waals surface area (Å²) in [5.74, 6) is 1.95. The number of furan rings is 1. The van der Waals surface area contributed by atoms with Gasteiger partial charge in [-0.15, -0.1) is 0 Å². The molecule has 2 fully saturated rings. The van der Waals surface area contributed by atoms with Crippen LogP contribution in [0.4, 0.5) is 0 Å². The molecule has 22 heavy (non-hydrogen) atoms. The van der Waals surface area contributed by atoms with Gasteiger partial charge in [-0.1, -0.05) is 0 Å². The van der Waals surface area contributed by atoms with E-state index in [1.165, 1.54) is 0 Å². The Morgan fingerprint density at radius 1 is 1.27 bits per heavy atom. The molecule has 0 aromatic carbocycles. The number of hydrogen-bond acceptors (Lipinski definition) is 4. The van der Waals surface area contributed by atoms with Gasteiger partial charge in [0.25, 0.3) is 5.91 Å². The zero-order valence-electron chi connectivity index (χ0n) is 13.2. The second-order valence-corrected chi connectivity index (χ2v) is 6.91. The third-order valence-corrected chi connectivity index (χ3v) is 5.57. The maximum absolute atomic E-state index is 13.0. The van der Waals surface area contributed by atoms with E-state index in [2.05, 4.69) is 11.9 Å². The molecule has 5 heteroatoms. The molecule has 1 amide bonds. The average Bonchev–Trinajstić information content (AvgIpc) is 3.13. The molecule has 2 atom stereocenters. The van der Waals surface area contributed by atoms with Gasteiger partial charge in [-0.3, -0.25) is 9.59 Å². The SMILES string of the molecule is Cc1oc2c(c1C(=O)N1C[C@@H]3CCN(C)[C@@H]3C1)C(=O)CCC2. The molecule has 0 spiro atoms. The highest BCUT2D eigenvalue weighted by molar-refractivity contribution is 6.10. The van der Waals surface area contributed by atoms with Crippen LogP contribution < -0.4 is 0 Å². The molecule has 0 bridgehead atoms. The maximum Gasteiger partial charge on any atom is 0.258 e. The third-order valence-electron chi connectivity index (χ3n) is 5.57. The lowest BCUT2D eigenvalue weighted by Gasteiger charge is -2.21. The monoisotopic (exact) mass is 302 g/mol. The molecule has 1 aliphatic carbocycles. The van der Waals surface area contributed by atoms with E-state index in [0.29, 0.717) is 41.0 Å². The van der Waals surface area contributed by atoms with E-state index in [1.807, 2.05) is 11.8 Å². The van der Waals surface area contributed by atoms with Gasteiger partial charge in [-0.05, 0) is 39.3 Å². The number of ketones is 1. The van der Waals surface area contributed by atoms with Gasteiger partial charge in [0.15, 0.2) is 5.78 Å². The smallest absolute Gasteiger partial charge is 0.258 e. The van der Waals surface area contributed by atoms with Crippen molar-refractivity contribution in [2.75, 3.05) is 26.7 Å². The van der Waals surface area contributed by atoms with Gasteiger partial charge < -0.3 is 14.2 Å². The fraction of sp³-hybridized carbons (Fsp3) is 0.647. The second kappa shape index (κ2) is 4.95. The molecule has 3 heterocycles. The van der Waals surface area contributed by atoms with Crippen LogP contribution in [-0.2, 0) is 6.42 Å². The summed E-state index contributed by atoms with van der Waals surface area (Å²) < 4.78 is 5.72. The molecule has 1 aromatic heterocycles. The highest BCUT2D eigenvalue weighted by atomic mass is 16.3. The molecule has 5 nitrogen and oxygen atoms in total. The molecule has 3 aliphatic rings. The van der Waals surface area contributed by atoms with Gasteiger partial charge in [0.2, 0.25) is 0 Å². The van der Waals surface area contributed by atoms with Crippen molar-refractivity contribution in [3.05, 3.63) is 22.6 Å². The Labute approximate surface area is 130 Å².